The number of hydrogen-bond acceptors (Lipinski definition) is 3. The van der Waals surface area contributed by atoms with Crippen LogP contribution in [0.5, 0.6) is 0 Å². The smallest absolute Gasteiger partial charge is 0.0446 e. The second kappa shape index (κ2) is 6.15. The molecule has 3 heteroatoms. The summed E-state index contributed by atoms with van der Waals surface area (Å²) < 4.78 is 0. The van der Waals surface area contributed by atoms with Gasteiger partial charge in [0.15, 0.2) is 0 Å². The average molecular weight is 234 g/mol. The molecule has 2 atom stereocenters. The lowest BCUT2D eigenvalue weighted by atomic mass is 9.99. The van der Waals surface area contributed by atoms with Crippen LogP contribution >= 0.6 is 0 Å². The molecule has 3 nitrogen and oxygen atoms in total. The summed E-state index contributed by atoms with van der Waals surface area (Å²) in [7, 11) is 0. The van der Waals surface area contributed by atoms with Crippen LogP contribution in [-0.2, 0) is 0 Å². The van der Waals surface area contributed by atoms with Crippen LogP contribution in [-0.4, -0.2) is 42.3 Å². The summed E-state index contributed by atoms with van der Waals surface area (Å²) >= 11 is 0. The molecule has 2 unspecified atom stereocenters. The highest BCUT2D eigenvalue weighted by Gasteiger charge is 2.24. The Morgan fingerprint density at radius 1 is 1.35 bits per heavy atom. The fourth-order valence-electron chi connectivity index (χ4n) is 2.58. The molecule has 94 valence electrons. The second-order valence-corrected chi connectivity index (χ2v) is 4.93. The first-order valence-electron chi connectivity index (χ1n) is 6.43. The third-order valence-corrected chi connectivity index (χ3v) is 3.54. The van der Waals surface area contributed by atoms with Gasteiger partial charge in [0.1, 0.15) is 0 Å². The molecule has 1 aromatic carbocycles. The molecule has 0 aliphatic carbocycles. The van der Waals surface area contributed by atoms with Crippen molar-refractivity contribution in [2.75, 3.05) is 26.2 Å². The van der Waals surface area contributed by atoms with E-state index in [4.69, 9.17) is 10.8 Å². The lowest BCUT2D eigenvalue weighted by Gasteiger charge is -2.20. The van der Waals surface area contributed by atoms with Crippen molar-refractivity contribution in [2.24, 2.45) is 5.73 Å². The zero-order valence-corrected chi connectivity index (χ0v) is 10.3. The van der Waals surface area contributed by atoms with Gasteiger partial charge in [0.25, 0.3) is 0 Å². The van der Waals surface area contributed by atoms with E-state index in [0.29, 0.717) is 12.3 Å². The number of nitrogens with two attached hydrogens (primary N) is 1. The first kappa shape index (κ1) is 12.6. The fraction of sp³-hybridized carbons (Fsp3) is 0.571. The van der Waals surface area contributed by atoms with Gasteiger partial charge in [-0.2, -0.15) is 0 Å². The van der Waals surface area contributed by atoms with Crippen molar-refractivity contribution >= 4 is 0 Å². The maximum atomic E-state index is 8.84. The molecule has 0 spiro atoms. The zero-order chi connectivity index (χ0) is 12.1. The third-order valence-electron chi connectivity index (χ3n) is 3.54. The molecule has 3 N–H and O–H groups in total. The van der Waals surface area contributed by atoms with Gasteiger partial charge in [0, 0.05) is 25.7 Å². The van der Waals surface area contributed by atoms with E-state index in [1.165, 1.54) is 12.0 Å². The molecule has 0 amide bonds. The van der Waals surface area contributed by atoms with Crippen molar-refractivity contribution in [1.82, 2.24) is 4.90 Å². The first-order valence-corrected chi connectivity index (χ1v) is 6.43. The maximum absolute atomic E-state index is 8.84. The number of benzene rings is 1. The lowest BCUT2D eigenvalue weighted by Crippen LogP contribution is -2.36. The highest BCUT2D eigenvalue weighted by molar-refractivity contribution is 5.21. The van der Waals surface area contributed by atoms with Crippen molar-refractivity contribution in [3.05, 3.63) is 35.9 Å². The summed E-state index contributed by atoms with van der Waals surface area (Å²) in [4.78, 5) is 2.41. The van der Waals surface area contributed by atoms with Crippen LogP contribution in [0, 0.1) is 0 Å². The Kier molecular flexibility index (Phi) is 4.54. The number of aliphatic hydroxyl groups excluding tert-OH is 1. The van der Waals surface area contributed by atoms with Crippen LogP contribution in [0.2, 0.25) is 0 Å². The van der Waals surface area contributed by atoms with E-state index in [1.54, 1.807) is 0 Å². The first-order chi connectivity index (χ1) is 8.29. The van der Waals surface area contributed by atoms with E-state index < -0.39 is 0 Å². The van der Waals surface area contributed by atoms with Crippen LogP contribution in [0.1, 0.15) is 24.3 Å². The molecular formula is C14H22N2O. The minimum atomic E-state index is 0.106. The van der Waals surface area contributed by atoms with Gasteiger partial charge in [0.2, 0.25) is 0 Å². The lowest BCUT2D eigenvalue weighted by molar-refractivity contribution is 0.246. The topological polar surface area (TPSA) is 49.5 Å². The molecule has 0 bridgehead atoms. The normalized spacial score (nSPS) is 22.8. The highest BCUT2D eigenvalue weighted by atomic mass is 16.3. The SMILES string of the molecule is NC(CCO)CN1CCC(c2ccccc2)C1. The molecule has 1 saturated heterocycles. The number of rotatable bonds is 5. The van der Waals surface area contributed by atoms with Gasteiger partial charge in [-0.3, -0.25) is 0 Å². The minimum absolute atomic E-state index is 0.106. The zero-order valence-electron chi connectivity index (χ0n) is 10.3. The predicted octanol–water partition coefficient (Wildman–Crippen LogP) is 1.19. The summed E-state index contributed by atoms with van der Waals surface area (Å²) in [5, 5.41) is 8.84. The Morgan fingerprint density at radius 2 is 2.12 bits per heavy atom. The predicted molar refractivity (Wildman–Crippen MR) is 69.9 cm³/mol. The molecular weight excluding hydrogens is 212 g/mol. The Balaban J connectivity index is 1.83. The van der Waals surface area contributed by atoms with E-state index in [2.05, 4.69) is 35.2 Å². The van der Waals surface area contributed by atoms with Crippen molar-refractivity contribution in [2.45, 2.75) is 24.8 Å². The van der Waals surface area contributed by atoms with Crippen LogP contribution in [0.3, 0.4) is 0 Å². The van der Waals surface area contributed by atoms with Gasteiger partial charge in [-0.25, -0.2) is 0 Å². The Bertz CT molecular complexity index is 328. The summed E-state index contributed by atoms with van der Waals surface area (Å²) in [6.07, 6.45) is 1.92. The van der Waals surface area contributed by atoms with Gasteiger partial charge in [-0.1, -0.05) is 30.3 Å². The molecule has 1 aliphatic heterocycles. The summed E-state index contributed by atoms with van der Waals surface area (Å²) in [6, 6.07) is 10.8. The Labute approximate surface area is 103 Å². The van der Waals surface area contributed by atoms with Gasteiger partial charge >= 0.3 is 0 Å². The monoisotopic (exact) mass is 234 g/mol. The fourth-order valence-corrected chi connectivity index (χ4v) is 2.58. The van der Waals surface area contributed by atoms with Gasteiger partial charge in [-0.05, 0) is 30.9 Å². The number of likely N-dealkylation sites (tertiary alicyclic amines) is 1. The second-order valence-electron chi connectivity index (χ2n) is 4.93. The van der Waals surface area contributed by atoms with Crippen LogP contribution in [0.25, 0.3) is 0 Å². The van der Waals surface area contributed by atoms with E-state index in [1.807, 2.05) is 0 Å². The largest absolute Gasteiger partial charge is 0.396 e. The third kappa shape index (κ3) is 3.53. The van der Waals surface area contributed by atoms with Crippen molar-refractivity contribution in [3.63, 3.8) is 0 Å². The van der Waals surface area contributed by atoms with E-state index in [-0.39, 0.29) is 12.6 Å². The van der Waals surface area contributed by atoms with Crippen molar-refractivity contribution < 1.29 is 5.11 Å². The van der Waals surface area contributed by atoms with Crippen molar-refractivity contribution in [1.29, 1.82) is 0 Å². The highest BCUT2D eigenvalue weighted by Crippen LogP contribution is 2.26. The van der Waals surface area contributed by atoms with Gasteiger partial charge in [0.05, 0.1) is 0 Å². The number of hydrogen-bond donors (Lipinski definition) is 2. The van der Waals surface area contributed by atoms with Crippen LogP contribution in [0.15, 0.2) is 30.3 Å². The van der Waals surface area contributed by atoms with Crippen LogP contribution in [0.4, 0.5) is 0 Å². The van der Waals surface area contributed by atoms with E-state index in [9.17, 15) is 0 Å². The molecule has 0 aromatic heterocycles. The van der Waals surface area contributed by atoms with E-state index in [0.717, 1.165) is 19.6 Å². The van der Waals surface area contributed by atoms with Crippen molar-refractivity contribution in [3.8, 4) is 0 Å². The summed E-state index contributed by atoms with van der Waals surface area (Å²) in [5.41, 5.74) is 7.38. The van der Waals surface area contributed by atoms with E-state index >= 15 is 0 Å². The standard InChI is InChI=1S/C14H22N2O/c15-14(7-9-17)11-16-8-6-13(10-16)12-4-2-1-3-5-12/h1-5,13-14,17H,6-11,15H2. The minimum Gasteiger partial charge on any atom is -0.396 e. The number of aliphatic hydroxyl groups is 1. The summed E-state index contributed by atoms with van der Waals surface area (Å²) in [6.45, 7) is 3.32. The van der Waals surface area contributed by atoms with Gasteiger partial charge < -0.3 is 15.7 Å². The molecule has 2 rings (SSSR count). The molecule has 1 fully saturated rings. The molecule has 17 heavy (non-hydrogen) atoms. The van der Waals surface area contributed by atoms with Gasteiger partial charge in [-0.15, -0.1) is 0 Å². The molecule has 1 aromatic rings. The average Bonchev–Trinajstić information content (AvgIpc) is 2.79. The van der Waals surface area contributed by atoms with Crippen LogP contribution < -0.4 is 5.73 Å². The number of nitrogens with zero attached hydrogens (tertiary/aromatic N) is 1. The maximum Gasteiger partial charge on any atom is 0.0446 e. The molecule has 1 aliphatic rings. The Morgan fingerprint density at radius 3 is 2.82 bits per heavy atom. The molecule has 1 heterocycles. The molecule has 0 radical (unpaired) electrons. The quantitative estimate of drug-likeness (QED) is 0.804. The molecule has 0 saturated carbocycles. The Hall–Kier alpha value is -0.900. The summed E-state index contributed by atoms with van der Waals surface area (Å²) in [5.74, 6) is 0.650.